The zero-order valence-electron chi connectivity index (χ0n) is 15.3. The molecule has 0 bridgehead atoms. The molecule has 1 unspecified atom stereocenters. The minimum Gasteiger partial charge on any atom is -0.485 e. The van der Waals surface area contributed by atoms with Crippen LogP contribution < -0.4 is 4.74 Å². The van der Waals surface area contributed by atoms with Crippen molar-refractivity contribution in [1.82, 2.24) is 0 Å². The molecule has 6 rings (SSSR count). The fourth-order valence-electron chi connectivity index (χ4n) is 4.86. The van der Waals surface area contributed by atoms with Crippen molar-refractivity contribution in [2.24, 2.45) is 0 Å². The molecule has 2 aliphatic heterocycles. The lowest BCUT2D eigenvalue weighted by Crippen LogP contribution is -2.03. The van der Waals surface area contributed by atoms with Crippen molar-refractivity contribution in [3.63, 3.8) is 0 Å². The molecule has 0 radical (unpaired) electrons. The van der Waals surface area contributed by atoms with Gasteiger partial charge in [0.1, 0.15) is 11.9 Å². The zero-order valence-corrected chi connectivity index (χ0v) is 16.1. The number of ether oxygens (including phenoxy) is 1. The smallest absolute Gasteiger partial charge is 0.128 e. The highest BCUT2D eigenvalue weighted by Gasteiger charge is 2.28. The van der Waals surface area contributed by atoms with Crippen molar-refractivity contribution in [3.05, 3.63) is 94.0 Å². The topological polar surface area (TPSA) is 9.23 Å². The van der Waals surface area contributed by atoms with E-state index in [1.165, 1.54) is 50.4 Å². The number of fused-ring (bicyclic) bond motifs is 3. The number of hydrogen-bond donors (Lipinski definition) is 0. The predicted molar refractivity (Wildman–Crippen MR) is 111 cm³/mol. The van der Waals surface area contributed by atoms with Crippen LogP contribution >= 0.6 is 11.8 Å². The summed E-state index contributed by atoms with van der Waals surface area (Å²) in [5.74, 6) is 2.91. The molecule has 0 saturated heterocycles. The first kappa shape index (κ1) is 15.8. The third-order valence-corrected chi connectivity index (χ3v) is 7.48. The summed E-state index contributed by atoms with van der Waals surface area (Å²) in [5.41, 5.74) is 8.63. The van der Waals surface area contributed by atoms with Gasteiger partial charge in [-0.1, -0.05) is 48.5 Å². The van der Waals surface area contributed by atoms with Gasteiger partial charge in [-0.05, 0) is 70.7 Å². The first-order valence-electron chi connectivity index (χ1n) is 9.95. The Hall–Kier alpha value is -2.19. The first-order chi connectivity index (χ1) is 13.3. The molecule has 0 spiro atoms. The third-order valence-electron chi connectivity index (χ3n) is 6.38. The minimum absolute atomic E-state index is 0.169. The Morgan fingerprint density at radius 2 is 1.52 bits per heavy atom. The Morgan fingerprint density at radius 3 is 2.37 bits per heavy atom. The standard InChI is InChI=1S/C25H22OS/c1-2-4-18-12-22(11-17(18)3-1)19-6-8-20-14-24(26-23(20)13-19)21-7-5-16-9-10-27-25(16)15-21/h1-8,13,15,22,24H,9-12,14H2. The van der Waals surface area contributed by atoms with Crippen LogP contribution in [0.4, 0.5) is 0 Å². The Morgan fingerprint density at radius 1 is 0.741 bits per heavy atom. The molecule has 2 heterocycles. The second-order valence-electron chi connectivity index (χ2n) is 8.02. The molecule has 0 fully saturated rings. The van der Waals surface area contributed by atoms with Gasteiger partial charge in [-0.3, -0.25) is 0 Å². The number of aryl methyl sites for hydroxylation is 1. The lowest BCUT2D eigenvalue weighted by Gasteiger charge is -2.13. The molecule has 27 heavy (non-hydrogen) atoms. The fraction of sp³-hybridized carbons (Fsp3) is 0.280. The van der Waals surface area contributed by atoms with E-state index in [1.807, 2.05) is 11.8 Å². The lowest BCUT2D eigenvalue weighted by atomic mass is 9.94. The van der Waals surface area contributed by atoms with Gasteiger partial charge in [0.15, 0.2) is 0 Å². The maximum absolute atomic E-state index is 6.42. The van der Waals surface area contributed by atoms with Crippen molar-refractivity contribution in [2.75, 3.05) is 5.75 Å². The van der Waals surface area contributed by atoms with Gasteiger partial charge in [0.05, 0.1) is 0 Å². The Bertz CT molecular complexity index is 1010. The summed E-state index contributed by atoms with van der Waals surface area (Å²) in [6, 6.07) is 22.8. The molecule has 1 nitrogen and oxygen atoms in total. The van der Waals surface area contributed by atoms with Gasteiger partial charge in [0.2, 0.25) is 0 Å². The first-order valence-corrected chi connectivity index (χ1v) is 10.9. The number of rotatable bonds is 2. The summed E-state index contributed by atoms with van der Waals surface area (Å²) >= 11 is 1.98. The molecule has 0 amide bonds. The summed E-state index contributed by atoms with van der Waals surface area (Å²) in [7, 11) is 0. The molecule has 0 saturated carbocycles. The molecule has 3 aromatic carbocycles. The monoisotopic (exact) mass is 370 g/mol. The van der Waals surface area contributed by atoms with E-state index in [2.05, 4.69) is 60.7 Å². The molecule has 3 aromatic rings. The van der Waals surface area contributed by atoms with E-state index < -0.39 is 0 Å². The summed E-state index contributed by atoms with van der Waals surface area (Å²) < 4.78 is 6.42. The molecular weight excluding hydrogens is 348 g/mol. The summed E-state index contributed by atoms with van der Waals surface area (Å²) in [6.07, 6.45) is 4.67. The van der Waals surface area contributed by atoms with E-state index in [9.17, 15) is 0 Å². The second kappa shape index (κ2) is 6.17. The van der Waals surface area contributed by atoms with Crippen molar-refractivity contribution in [3.8, 4) is 5.75 Å². The van der Waals surface area contributed by atoms with Crippen molar-refractivity contribution >= 4 is 11.8 Å². The largest absolute Gasteiger partial charge is 0.485 e. The van der Waals surface area contributed by atoms with Gasteiger partial charge in [-0.25, -0.2) is 0 Å². The number of hydrogen-bond acceptors (Lipinski definition) is 2. The van der Waals surface area contributed by atoms with Crippen LogP contribution in [0.15, 0.2) is 65.6 Å². The average molecular weight is 371 g/mol. The van der Waals surface area contributed by atoms with Gasteiger partial charge in [0.25, 0.3) is 0 Å². The van der Waals surface area contributed by atoms with Crippen molar-refractivity contribution in [1.29, 1.82) is 0 Å². The van der Waals surface area contributed by atoms with Crippen LogP contribution in [0, 0.1) is 0 Å². The van der Waals surface area contributed by atoms with E-state index in [0.717, 1.165) is 25.0 Å². The van der Waals surface area contributed by atoms with Crippen LogP contribution in [0.3, 0.4) is 0 Å². The number of thioether (sulfide) groups is 1. The Balaban J connectivity index is 1.25. The lowest BCUT2D eigenvalue weighted by molar-refractivity contribution is 0.238. The predicted octanol–water partition coefficient (Wildman–Crippen LogP) is 5.89. The molecule has 3 aliphatic rings. The van der Waals surface area contributed by atoms with E-state index in [4.69, 9.17) is 4.74 Å². The maximum Gasteiger partial charge on any atom is 0.128 e. The maximum atomic E-state index is 6.42. The van der Waals surface area contributed by atoms with Gasteiger partial charge in [-0.15, -0.1) is 11.8 Å². The summed E-state index contributed by atoms with van der Waals surface area (Å²) in [5, 5.41) is 0. The highest BCUT2D eigenvalue weighted by molar-refractivity contribution is 7.99. The van der Waals surface area contributed by atoms with E-state index in [-0.39, 0.29) is 6.10 Å². The van der Waals surface area contributed by atoms with Crippen LogP contribution in [0.5, 0.6) is 5.75 Å². The molecule has 1 aliphatic carbocycles. The van der Waals surface area contributed by atoms with Gasteiger partial charge < -0.3 is 4.74 Å². The van der Waals surface area contributed by atoms with Crippen molar-refractivity contribution < 1.29 is 4.74 Å². The van der Waals surface area contributed by atoms with E-state index in [1.54, 1.807) is 0 Å². The molecular formula is C25H22OS. The third kappa shape index (κ3) is 2.70. The van der Waals surface area contributed by atoms with Gasteiger partial charge in [0, 0.05) is 17.1 Å². The molecule has 1 atom stereocenters. The van der Waals surface area contributed by atoms with Gasteiger partial charge >= 0.3 is 0 Å². The van der Waals surface area contributed by atoms with Crippen LogP contribution in [0.25, 0.3) is 0 Å². The molecule has 2 heteroatoms. The van der Waals surface area contributed by atoms with E-state index in [0.29, 0.717) is 5.92 Å². The quantitative estimate of drug-likeness (QED) is 0.556. The van der Waals surface area contributed by atoms with Gasteiger partial charge in [-0.2, -0.15) is 0 Å². The van der Waals surface area contributed by atoms with Crippen molar-refractivity contribution in [2.45, 2.75) is 42.6 Å². The minimum atomic E-state index is 0.169. The Labute approximate surface area is 164 Å². The van der Waals surface area contributed by atoms with E-state index >= 15 is 0 Å². The van der Waals surface area contributed by atoms with Crippen LogP contribution in [0.1, 0.15) is 45.4 Å². The SMILES string of the molecule is c1ccc2c(c1)CC(c1ccc3c(c1)OC(c1ccc4c(c1)SCC4)C3)C2. The summed E-state index contributed by atoms with van der Waals surface area (Å²) in [6.45, 7) is 0. The number of benzene rings is 3. The Kier molecular flexibility index (Phi) is 3.62. The zero-order chi connectivity index (χ0) is 17.8. The van der Waals surface area contributed by atoms with Crippen LogP contribution in [0.2, 0.25) is 0 Å². The van der Waals surface area contributed by atoms with Crippen LogP contribution in [-0.4, -0.2) is 5.75 Å². The molecule has 0 aromatic heterocycles. The molecule has 134 valence electrons. The highest BCUT2D eigenvalue weighted by Crippen LogP contribution is 2.42. The fourth-order valence-corrected chi connectivity index (χ4v) is 5.98. The second-order valence-corrected chi connectivity index (χ2v) is 9.15. The average Bonchev–Trinajstić information content (AvgIpc) is 3.42. The summed E-state index contributed by atoms with van der Waals surface area (Å²) in [4.78, 5) is 1.46. The molecule has 0 N–H and O–H groups in total. The normalized spacial score (nSPS) is 20.2. The van der Waals surface area contributed by atoms with Crippen LogP contribution in [-0.2, 0) is 25.7 Å². The highest BCUT2D eigenvalue weighted by atomic mass is 32.2.